The fourth-order valence-electron chi connectivity index (χ4n) is 3.45. The van der Waals surface area contributed by atoms with E-state index in [-0.39, 0.29) is 5.41 Å². The van der Waals surface area contributed by atoms with E-state index < -0.39 is 0 Å². The highest BCUT2D eigenvalue weighted by atomic mass is 16.5. The second-order valence-electron chi connectivity index (χ2n) is 6.16. The van der Waals surface area contributed by atoms with E-state index >= 15 is 0 Å². The van der Waals surface area contributed by atoms with Gasteiger partial charge in [-0.15, -0.1) is 13.2 Å². The first-order chi connectivity index (χ1) is 11.2. The molecule has 1 aromatic carbocycles. The molecule has 4 nitrogen and oxygen atoms in total. The Morgan fingerprint density at radius 2 is 1.61 bits per heavy atom. The van der Waals surface area contributed by atoms with E-state index in [1.165, 1.54) is 5.56 Å². The number of piperidine rings is 1. The van der Waals surface area contributed by atoms with Crippen LogP contribution in [-0.4, -0.2) is 62.1 Å². The van der Waals surface area contributed by atoms with Crippen LogP contribution < -0.4 is 0 Å². The largest absolute Gasteiger partial charge is 0.378 e. The summed E-state index contributed by atoms with van der Waals surface area (Å²) in [6.45, 7) is 10.7. The standard InChI is InChI=1S/C17H24N2O2.C2H4/c1-18-9-7-17(8-10-18,15-5-3-2-4-6-15)16(20)19-11-13-21-14-12-19;1-2/h2-6H,7-14H2,1H3;1-2H2. The molecule has 2 fully saturated rings. The van der Waals surface area contributed by atoms with Gasteiger partial charge in [0.1, 0.15) is 0 Å². The molecule has 0 aromatic heterocycles. The fourth-order valence-corrected chi connectivity index (χ4v) is 3.45. The Kier molecular flexibility index (Phi) is 6.37. The summed E-state index contributed by atoms with van der Waals surface area (Å²) in [5, 5.41) is 0. The summed E-state index contributed by atoms with van der Waals surface area (Å²) in [6.07, 6.45) is 1.81. The van der Waals surface area contributed by atoms with Crippen LogP contribution in [0.2, 0.25) is 0 Å². The lowest BCUT2D eigenvalue weighted by Crippen LogP contribution is -2.54. The average molecular weight is 316 g/mol. The summed E-state index contributed by atoms with van der Waals surface area (Å²) >= 11 is 0. The van der Waals surface area contributed by atoms with Gasteiger partial charge in [-0.2, -0.15) is 0 Å². The van der Waals surface area contributed by atoms with E-state index in [4.69, 9.17) is 4.74 Å². The maximum absolute atomic E-state index is 13.2. The van der Waals surface area contributed by atoms with Crippen molar-refractivity contribution in [1.82, 2.24) is 9.80 Å². The highest BCUT2D eigenvalue weighted by Gasteiger charge is 2.44. The van der Waals surface area contributed by atoms with Crippen LogP contribution in [0.15, 0.2) is 43.5 Å². The van der Waals surface area contributed by atoms with Crippen LogP contribution in [0.5, 0.6) is 0 Å². The minimum atomic E-state index is -0.342. The van der Waals surface area contributed by atoms with Crippen molar-refractivity contribution in [1.29, 1.82) is 0 Å². The predicted octanol–water partition coefficient (Wildman–Crippen LogP) is 2.31. The second-order valence-corrected chi connectivity index (χ2v) is 6.16. The van der Waals surface area contributed by atoms with Gasteiger partial charge in [0.2, 0.25) is 5.91 Å². The van der Waals surface area contributed by atoms with E-state index in [9.17, 15) is 4.79 Å². The van der Waals surface area contributed by atoms with Crippen LogP contribution in [0.25, 0.3) is 0 Å². The van der Waals surface area contributed by atoms with Gasteiger partial charge in [-0.25, -0.2) is 0 Å². The molecule has 0 bridgehead atoms. The normalized spacial score (nSPS) is 21.2. The Morgan fingerprint density at radius 1 is 1.04 bits per heavy atom. The van der Waals surface area contributed by atoms with Gasteiger partial charge in [0.25, 0.3) is 0 Å². The van der Waals surface area contributed by atoms with Crippen LogP contribution >= 0.6 is 0 Å². The smallest absolute Gasteiger partial charge is 0.233 e. The van der Waals surface area contributed by atoms with Crippen LogP contribution in [0, 0.1) is 0 Å². The highest BCUT2D eigenvalue weighted by Crippen LogP contribution is 2.37. The number of rotatable bonds is 2. The number of carbonyl (C=O) groups is 1. The maximum atomic E-state index is 13.2. The predicted molar refractivity (Wildman–Crippen MR) is 93.5 cm³/mol. The highest BCUT2D eigenvalue weighted by molar-refractivity contribution is 5.88. The van der Waals surface area contributed by atoms with Crippen molar-refractivity contribution in [3.05, 3.63) is 49.1 Å². The first kappa shape index (κ1) is 17.7. The molecule has 2 saturated heterocycles. The summed E-state index contributed by atoms with van der Waals surface area (Å²) in [7, 11) is 2.13. The van der Waals surface area contributed by atoms with Gasteiger partial charge in [0.15, 0.2) is 0 Å². The zero-order chi connectivity index (χ0) is 16.7. The van der Waals surface area contributed by atoms with Gasteiger partial charge in [-0.3, -0.25) is 4.79 Å². The van der Waals surface area contributed by atoms with Crippen LogP contribution in [0.3, 0.4) is 0 Å². The minimum Gasteiger partial charge on any atom is -0.378 e. The van der Waals surface area contributed by atoms with Crippen LogP contribution in [0.4, 0.5) is 0 Å². The lowest BCUT2D eigenvalue weighted by Gasteiger charge is -2.43. The molecule has 0 N–H and O–H groups in total. The molecule has 126 valence electrons. The first-order valence-corrected chi connectivity index (χ1v) is 8.33. The van der Waals surface area contributed by atoms with Crippen LogP contribution in [-0.2, 0) is 14.9 Å². The van der Waals surface area contributed by atoms with Gasteiger partial charge < -0.3 is 14.5 Å². The molecule has 2 aliphatic heterocycles. The Balaban J connectivity index is 0.000000924. The minimum absolute atomic E-state index is 0.296. The number of nitrogens with zero attached hydrogens (tertiary/aromatic N) is 2. The molecule has 0 atom stereocenters. The van der Waals surface area contributed by atoms with Gasteiger partial charge in [0.05, 0.1) is 18.6 Å². The Bertz CT molecular complexity index is 489. The van der Waals surface area contributed by atoms with Crippen molar-refractivity contribution in [2.24, 2.45) is 0 Å². The Hall–Kier alpha value is -1.65. The van der Waals surface area contributed by atoms with Crippen molar-refractivity contribution < 1.29 is 9.53 Å². The van der Waals surface area contributed by atoms with Gasteiger partial charge in [-0.05, 0) is 38.5 Å². The molecule has 3 rings (SSSR count). The quantitative estimate of drug-likeness (QED) is 0.785. The summed E-state index contributed by atoms with van der Waals surface area (Å²) in [5.41, 5.74) is 0.833. The second kappa shape index (κ2) is 8.27. The summed E-state index contributed by atoms with van der Waals surface area (Å²) in [4.78, 5) is 17.5. The molecule has 4 heteroatoms. The summed E-state index contributed by atoms with van der Waals surface area (Å²) in [5.74, 6) is 0.296. The fraction of sp³-hybridized carbons (Fsp3) is 0.526. The molecule has 0 saturated carbocycles. The lowest BCUT2D eigenvalue weighted by molar-refractivity contribution is -0.143. The molecule has 0 unspecified atom stereocenters. The number of hydrogen-bond acceptors (Lipinski definition) is 3. The van der Waals surface area contributed by atoms with E-state index in [0.29, 0.717) is 19.1 Å². The number of amides is 1. The molecular weight excluding hydrogens is 288 g/mol. The topological polar surface area (TPSA) is 32.8 Å². The number of morpholine rings is 1. The average Bonchev–Trinajstić information content (AvgIpc) is 2.65. The zero-order valence-corrected chi connectivity index (χ0v) is 14.2. The number of carbonyl (C=O) groups excluding carboxylic acids is 1. The zero-order valence-electron chi connectivity index (χ0n) is 14.2. The van der Waals surface area contributed by atoms with E-state index in [0.717, 1.165) is 39.0 Å². The summed E-state index contributed by atoms with van der Waals surface area (Å²) in [6, 6.07) is 10.3. The SMILES string of the molecule is C=C.CN1CCC(C(=O)N2CCOCC2)(c2ccccc2)CC1. The third-order valence-electron chi connectivity index (χ3n) is 4.87. The van der Waals surface area contributed by atoms with Gasteiger partial charge in [0, 0.05) is 13.1 Å². The third kappa shape index (κ3) is 3.82. The van der Waals surface area contributed by atoms with Crippen molar-refractivity contribution in [2.45, 2.75) is 18.3 Å². The number of benzene rings is 1. The van der Waals surface area contributed by atoms with Gasteiger partial charge in [-0.1, -0.05) is 30.3 Å². The molecule has 1 amide bonds. The Labute approximate surface area is 139 Å². The monoisotopic (exact) mass is 316 g/mol. The first-order valence-electron chi connectivity index (χ1n) is 8.33. The molecule has 0 radical (unpaired) electrons. The van der Waals surface area contributed by atoms with Crippen molar-refractivity contribution in [3.63, 3.8) is 0 Å². The molecule has 1 aromatic rings. The molecule has 2 heterocycles. The molecule has 2 aliphatic rings. The molecular formula is C19H28N2O2. The van der Waals surface area contributed by atoms with E-state index in [2.05, 4.69) is 37.2 Å². The van der Waals surface area contributed by atoms with Crippen molar-refractivity contribution in [2.75, 3.05) is 46.4 Å². The Morgan fingerprint density at radius 3 is 2.17 bits per heavy atom. The maximum Gasteiger partial charge on any atom is 0.233 e. The molecule has 23 heavy (non-hydrogen) atoms. The third-order valence-corrected chi connectivity index (χ3v) is 4.87. The number of likely N-dealkylation sites (tertiary alicyclic amines) is 1. The number of hydrogen-bond donors (Lipinski definition) is 0. The number of ether oxygens (including phenoxy) is 1. The van der Waals surface area contributed by atoms with Crippen molar-refractivity contribution in [3.8, 4) is 0 Å². The summed E-state index contributed by atoms with van der Waals surface area (Å²) < 4.78 is 5.39. The molecule has 0 aliphatic carbocycles. The lowest BCUT2D eigenvalue weighted by atomic mass is 9.71. The van der Waals surface area contributed by atoms with E-state index in [1.54, 1.807) is 0 Å². The van der Waals surface area contributed by atoms with E-state index in [1.807, 2.05) is 23.1 Å². The van der Waals surface area contributed by atoms with Gasteiger partial charge >= 0.3 is 0 Å². The van der Waals surface area contributed by atoms with Crippen molar-refractivity contribution >= 4 is 5.91 Å². The molecule has 0 spiro atoms. The van der Waals surface area contributed by atoms with Crippen LogP contribution in [0.1, 0.15) is 18.4 Å².